The van der Waals surface area contributed by atoms with Crippen molar-refractivity contribution in [2.75, 3.05) is 13.1 Å². The van der Waals surface area contributed by atoms with Gasteiger partial charge in [0.25, 0.3) is 5.91 Å². The standard InChI is InChI=1S/C19H14F6N4O3/c1-9(18(20,21)22)31-13-3-2-10(6-26)4-12(13)14(30)29-7-11-5-17(11,8-29)15-27-16(32-28-15)19(23,24)25/h2-4,9,11H,5,7-8H2,1H3/t9-,11?,17+/m1/s1. The molecule has 1 aliphatic heterocycles. The molecule has 3 atom stereocenters. The van der Waals surface area contributed by atoms with E-state index in [-0.39, 0.29) is 41.7 Å². The molecule has 7 nitrogen and oxygen atoms in total. The van der Waals surface area contributed by atoms with Crippen LogP contribution in [0.3, 0.4) is 0 Å². The van der Waals surface area contributed by atoms with Gasteiger partial charge in [-0.1, -0.05) is 5.16 Å². The third-order valence-electron chi connectivity index (χ3n) is 5.65. The fraction of sp³-hybridized carbons (Fsp3) is 0.474. The lowest BCUT2D eigenvalue weighted by Gasteiger charge is -2.23. The molecule has 4 rings (SSSR count). The van der Waals surface area contributed by atoms with Gasteiger partial charge in [0.1, 0.15) is 5.75 Å². The monoisotopic (exact) mass is 460 g/mol. The lowest BCUT2D eigenvalue weighted by molar-refractivity contribution is -0.189. The Kier molecular flexibility index (Phi) is 4.87. The first-order valence-corrected chi connectivity index (χ1v) is 9.33. The Balaban J connectivity index is 1.58. The van der Waals surface area contributed by atoms with Gasteiger partial charge >= 0.3 is 18.2 Å². The molecule has 1 saturated heterocycles. The molecule has 1 unspecified atom stereocenters. The number of likely N-dealkylation sites (tertiary alicyclic amines) is 1. The summed E-state index contributed by atoms with van der Waals surface area (Å²) in [6, 6.07) is 5.25. The molecule has 1 aromatic carbocycles. The second kappa shape index (κ2) is 7.11. The second-order valence-electron chi connectivity index (χ2n) is 7.79. The van der Waals surface area contributed by atoms with Gasteiger partial charge in [0.15, 0.2) is 11.9 Å². The highest BCUT2D eigenvalue weighted by Crippen LogP contribution is 2.58. The molecule has 1 saturated carbocycles. The third-order valence-corrected chi connectivity index (χ3v) is 5.65. The Morgan fingerprint density at radius 1 is 1.34 bits per heavy atom. The molecule has 2 aliphatic rings. The highest BCUT2D eigenvalue weighted by Gasteiger charge is 2.65. The SMILES string of the molecule is C[C@@H](Oc1ccc(C#N)cc1C(=O)N1CC2C[C@]2(c2noc(C(F)(F)F)n2)C1)C(F)(F)F. The van der Waals surface area contributed by atoms with Gasteiger partial charge in [0.05, 0.1) is 22.6 Å². The largest absolute Gasteiger partial charge is 0.480 e. The first-order chi connectivity index (χ1) is 14.8. The van der Waals surface area contributed by atoms with Crippen LogP contribution in [0.25, 0.3) is 0 Å². The van der Waals surface area contributed by atoms with E-state index in [1.807, 2.05) is 0 Å². The van der Waals surface area contributed by atoms with E-state index >= 15 is 0 Å². The van der Waals surface area contributed by atoms with E-state index in [2.05, 4.69) is 14.7 Å². The van der Waals surface area contributed by atoms with Crippen LogP contribution in [0.1, 0.15) is 41.0 Å². The van der Waals surface area contributed by atoms with Crippen molar-refractivity contribution in [1.29, 1.82) is 5.26 Å². The smallest absolute Gasteiger partial charge is 0.471 e. The number of benzene rings is 1. The number of piperidine rings is 1. The predicted molar refractivity (Wildman–Crippen MR) is 92.3 cm³/mol. The maximum absolute atomic E-state index is 13.1. The van der Waals surface area contributed by atoms with Crippen molar-refractivity contribution in [3.63, 3.8) is 0 Å². The fourth-order valence-corrected chi connectivity index (χ4v) is 3.82. The number of rotatable bonds is 4. The summed E-state index contributed by atoms with van der Waals surface area (Å²) in [6.07, 6.45) is -11.2. The topological polar surface area (TPSA) is 92.2 Å². The maximum atomic E-state index is 13.1. The lowest BCUT2D eigenvalue weighted by Crippen LogP contribution is -2.35. The number of hydrogen-bond donors (Lipinski definition) is 0. The maximum Gasteiger partial charge on any atom is 0.471 e. The Bertz CT molecular complexity index is 1110. The number of amides is 1. The molecule has 1 aromatic heterocycles. The number of fused-ring (bicyclic) bond motifs is 1. The van der Waals surface area contributed by atoms with Crippen LogP contribution in [-0.4, -0.2) is 46.3 Å². The Morgan fingerprint density at radius 3 is 2.66 bits per heavy atom. The molecule has 0 N–H and O–H groups in total. The van der Waals surface area contributed by atoms with Gasteiger partial charge in [0.2, 0.25) is 0 Å². The Morgan fingerprint density at radius 2 is 2.06 bits per heavy atom. The molecule has 2 heterocycles. The van der Waals surface area contributed by atoms with Crippen LogP contribution in [-0.2, 0) is 11.6 Å². The Labute approximate surface area is 176 Å². The van der Waals surface area contributed by atoms with Crippen LogP contribution >= 0.6 is 0 Å². The van der Waals surface area contributed by atoms with E-state index in [0.29, 0.717) is 6.42 Å². The number of aromatic nitrogens is 2. The zero-order valence-electron chi connectivity index (χ0n) is 16.3. The number of nitriles is 1. The minimum Gasteiger partial charge on any atom is -0.480 e. The van der Waals surface area contributed by atoms with Crippen LogP contribution in [0.15, 0.2) is 22.7 Å². The van der Waals surface area contributed by atoms with Crippen molar-refractivity contribution >= 4 is 5.91 Å². The van der Waals surface area contributed by atoms with E-state index in [0.717, 1.165) is 19.1 Å². The van der Waals surface area contributed by atoms with Crippen molar-refractivity contribution in [3.8, 4) is 11.8 Å². The molecule has 32 heavy (non-hydrogen) atoms. The summed E-state index contributed by atoms with van der Waals surface area (Å²) in [5.41, 5.74) is -1.12. The fourth-order valence-electron chi connectivity index (χ4n) is 3.82. The van der Waals surface area contributed by atoms with E-state index in [9.17, 15) is 31.1 Å². The van der Waals surface area contributed by atoms with E-state index in [4.69, 9.17) is 10.00 Å². The van der Waals surface area contributed by atoms with E-state index in [1.54, 1.807) is 6.07 Å². The molecule has 1 aliphatic carbocycles. The number of carbonyl (C=O) groups excluding carboxylic acids is 1. The van der Waals surface area contributed by atoms with Crippen molar-refractivity contribution < 1.29 is 40.4 Å². The number of alkyl halides is 6. The summed E-state index contributed by atoms with van der Waals surface area (Å²) >= 11 is 0. The Hall–Kier alpha value is -3.30. The molecular formula is C19H14F6N4O3. The summed E-state index contributed by atoms with van der Waals surface area (Å²) in [7, 11) is 0. The molecule has 2 fully saturated rings. The van der Waals surface area contributed by atoms with Crippen molar-refractivity contribution in [2.45, 2.75) is 37.2 Å². The summed E-state index contributed by atoms with van der Waals surface area (Å²) in [5, 5.41) is 12.5. The van der Waals surface area contributed by atoms with Crippen molar-refractivity contribution in [3.05, 3.63) is 41.0 Å². The molecular weight excluding hydrogens is 446 g/mol. The zero-order valence-corrected chi connectivity index (χ0v) is 16.3. The van der Waals surface area contributed by atoms with Gasteiger partial charge < -0.3 is 14.2 Å². The average Bonchev–Trinajstić information content (AvgIpc) is 3.09. The van der Waals surface area contributed by atoms with Crippen LogP contribution in [0.4, 0.5) is 26.3 Å². The van der Waals surface area contributed by atoms with E-state index in [1.165, 1.54) is 11.0 Å². The molecule has 0 radical (unpaired) electrons. The van der Waals surface area contributed by atoms with Crippen LogP contribution in [0.2, 0.25) is 0 Å². The van der Waals surface area contributed by atoms with Crippen LogP contribution < -0.4 is 4.74 Å². The summed E-state index contributed by atoms with van der Waals surface area (Å²) in [5.74, 6) is -2.94. The predicted octanol–water partition coefficient (Wildman–Crippen LogP) is 3.70. The average molecular weight is 460 g/mol. The zero-order chi connectivity index (χ0) is 23.5. The minimum atomic E-state index is -4.81. The number of carbonyl (C=O) groups is 1. The summed E-state index contributed by atoms with van der Waals surface area (Å²) in [6.45, 7) is 0.874. The molecule has 170 valence electrons. The number of halogens is 6. The number of ether oxygens (including phenoxy) is 1. The van der Waals surface area contributed by atoms with Gasteiger partial charge in [-0.15, -0.1) is 0 Å². The molecule has 2 aromatic rings. The number of nitrogens with zero attached hydrogens (tertiary/aromatic N) is 4. The third kappa shape index (κ3) is 3.74. The van der Waals surface area contributed by atoms with Crippen molar-refractivity contribution in [1.82, 2.24) is 15.0 Å². The molecule has 0 spiro atoms. The van der Waals surface area contributed by atoms with Gasteiger partial charge in [-0.2, -0.15) is 36.6 Å². The summed E-state index contributed by atoms with van der Waals surface area (Å²) in [4.78, 5) is 17.8. The van der Waals surface area contributed by atoms with Gasteiger partial charge in [-0.3, -0.25) is 4.79 Å². The van der Waals surface area contributed by atoms with Gasteiger partial charge in [-0.25, -0.2) is 0 Å². The minimum absolute atomic E-state index is 0.0346. The molecule has 1 amide bonds. The van der Waals surface area contributed by atoms with Gasteiger partial charge in [-0.05, 0) is 37.5 Å². The second-order valence-corrected chi connectivity index (χ2v) is 7.79. The molecule has 13 heteroatoms. The quantitative estimate of drug-likeness (QED) is 0.647. The first-order valence-electron chi connectivity index (χ1n) is 9.33. The van der Waals surface area contributed by atoms with E-state index < -0.39 is 35.7 Å². The highest BCUT2D eigenvalue weighted by molar-refractivity contribution is 5.97. The van der Waals surface area contributed by atoms with Crippen LogP contribution in [0.5, 0.6) is 5.75 Å². The lowest BCUT2D eigenvalue weighted by atomic mass is 10.1. The summed E-state index contributed by atoms with van der Waals surface area (Å²) < 4.78 is 86.3. The highest BCUT2D eigenvalue weighted by atomic mass is 19.4. The van der Waals surface area contributed by atoms with Crippen molar-refractivity contribution in [2.24, 2.45) is 5.92 Å². The normalized spacial score (nSPS) is 23.4. The first kappa shape index (κ1) is 21.9. The number of hydrogen-bond acceptors (Lipinski definition) is 6. The van der Waals surface area contributed by atoms with Crippen LogP contribution in [0, 0.1) is 17.2 Å². The van der Waals surface area contributed by atoms with Gasteiger partial charge in [0, 0.05) is 13.1 Å². The molecule has 0 bridgehead atoms.